The lowest BCUT2D eigenvalue weighted by atomic mass is 10.2. The van der Waals surface area contributed by atoms with Crippen LogP contribution in [0.2, 0.25) is 0 Å². The number of hydrogen-bond donors (Lipinski definition) is 1. The zero-order chi connectivity index (χ0) is 13.1. The Hall–Kier alpha value is -2.39. The first kappa shape index (κ1) is 12.1. The molecule has 1 aromatic heterocycles. The van der Waals surface area contributed by atoms with Crippen molar-refractivity contribution in [2.24, 2.45) is 0 Å². The summed E-state index contributed by atoms with van der Waals surface area (Å²) in [5, 5.41) is 19.7. The van der Waals surface area contributed by atoms with Crippen molar-refractivity contribution < 1.29 is 9.90 Å². The molecule has 0 amide bonds. The number of aromatic nitrogens is 1. The van der Waals surface area contributed by atoms with Gasteiger partial charge in [0.05, 0.1) is 11.6 Å². The SMILES string of the molecule is CN(c1cccc(C#N)c1)c1nc(C(=O)O)cs1. The Balaban J connectivity index is 2.32. The standard InChI is InChI=1S/C12H9N3O2S/c1-15(9-4-2-3-8(5-9)6-13)12-14-10(7-18-12)11(16)17/h2-5,7H,1H3,(H,16,17). The van der Waals surface area contributed by atoms with Gasteiger partial charge in [-0.25, -0.2) is 9.78 Å². The maximum Gasteiger partial charge on any atom is 0.355 e. The zero-order valence-corrected chi connectivity index (χ0v) is 10.3. The molecule has 6 heteroatoms. The maximum atomic E-state index is 10.8. The first-order valence-corrected chi connectivity index (χ1v) is 5.92. The van der Waals surface area contributed by atoms with E-state index in [1.807, 2.05) is 6.07 Å². The maximum absolute atomic E-state index is 10.8. The predicted molar refractivity (Wildman–Crippen MR) is 68.3 cm³/mol. The van der Waals surface area contributed by atoms with Gasteiger partial charge in [0.1, 0.15) is 0 Å². The molecule has 1 aromatic carbocycles. The fourth-order valence-corrected chi connectivity index (χ4v) is 2.20. The van der Waals surface area contributed by atoms with E-state index >= 15 is 0 Å². The van der Waals surface area contributed by atoms with E-state index in [9.17, 15) is 4.79 Å². The highest BCUT2D eigenvalue weighted by atomic mass is 32.1. The second kappa shape index (κ2) is 4.85. The molecule has 1 heterocycles. The van der Waals surface area contributed by atoms with Crippen LogP contribution in [0.1, 0.15) is 16.1 Å². The topological polar surface area (TPSA) is 77.2 Å². The van der Waals surface area contributed by atoms with Crippen LogP contribution in [0.4, 0.5) is 10.8 Å². The van der Waals surface area contributed by atoms with E-state index in [0.717, 1.165) is 5.69 Å². The number of carboxylic acid groups (broad SMARTS) is 1. The summed E-state index contributed by atoms with van der Waals surface area (Å²) in [7, 11) is 1.78. The Bertz CT molecular complexity index is 630. The average molecular weight is 259 g/mol. The van der Waals surface area contributed by atoms with Gasteiger partial charge in [-0.05, 0) is 18.2 Å². The number of nitriles is 1. The summed E-state index contributed by atoms with van der Waals surface area (Å²) in [6, 6.07) is 9.10. The van der Waals surface area contributed by atoms with E-state index in [1.54, 1.807) is 30.1 Å². The average Bonchev–Trinajstić information content (AvgIpc) is 2.87. The van der Waals surface area contributed by atoms with Crippen LogP contribution in [0.25, 0.3) is 0 Å². The van der Waals surface area contributed by atoms with E-state index in [1.165, 1.54) is 16.7 Å². The fourth-order valence-electron chi connectivity index (χ4n) is 1.41. The largest absolute Gasteiger partial charge is 0.476 e. The van der Waals surface area contributed by atoms with Crippen LogP contribution in [-0.4, -0.2) is 23.1 Å². The number of aromatic carboxylic acids is 1. The van der Waals surface area contributed by atoms with Crippen molar-refractivity contribution in [3.8, 4) is 6.07 Å². The van der Waals surface area contributed by atoms with Crippen LogP contribution >= 0.6 is 11.3 Å². The summed E-state index contributed by atoms with van der Waals surface area (Å²) in [5.41, 5.74) is 1.37. The Labute approximate surface area is 108 Å². The Kier molecular flexibility index (Phi) is 3.26. The highest BCUT2D eigenvalue weighted by Crippen LogP contribution is 2.27. The molecule has 0 unspecified atom stereocenters. The quantitative estimate of drug-likeness (QED) is 0.916. The third-order valence-electron chi connectivity index (χ3n) is 2.36. The van der Waals surface area contributed by atoms with Gasteiger partial charge in [-0.3, -0.25) is 0 Å². The molecule has 0 aliphatic rings. The summed E-state index contributed by atoms with van der Waals surface area (Å²) < 4.78 is 0. The third kappa shape index (κ3) is 2.31. The van der Waals surface area contributed by atoms with Gasteiger partial charge in [-0.1, -0.05) is 6.07 Å². The molecular formula is C12H9N3O2S. The summed E-state index contributed by atoms with van der Waals surface area (Å²) >= 11 is 1.25. The molecule has 0 saturated carbocycles. The number of benzene rings is 1. The minimum atomic E-state index is -1.04. The molecule has 5 nitrogen and oxygen atoms in total. The number of thiazole rings is 1. The Morgan fingerprint density at radius 1 is 1.56 bits per heavy atom. The monoisotopic (exact) mass is 259 g/mol. The number of anilines is 2. The molecule has 2 aromatic rings. The van der Waals surface area contributed by atoms with E-state index < -0.39 is 5.97 Å². The van der Waals surface area contributed by atoms with Crippen molar-refractivity contribution in [1.82, 2.24) is 4.98 Å². The van der Waals surface area contributed by atoms with Gasteiger partial charge in [0.15, 0.2) is 10.8 Å². The van der Waals surface area contributed by atoms with Crippen LogP contribution in [0.3, 0.4) is 0 Å². The lowest BCUT2D eigenvalue weighted by molar-refractivity contribution is 0.0691. The third-order valence-corrected chi connectivity index (χ3v) is 3.28. The lowest BCUT2D eigenvalue weighted by Crippen LogP contribution is -2.09. The summed E-state index contributed by atoms with van der Waals surface area (Å²) in [6.07, 6.45) is 0. The summed E-state index contributed by atoms with van der Waals surface area (Å²) in [5.74, 6) is -1.04. The van der Waals surface area contributed by atoms with Gasteiger partial charge < -0.3 is 10.0 Å². The highest BCUT2D eigenvalue weighted by molar-refractivity contribution is 7.14. The van der Waals surface area contributed by atoms with Crippen molar-refractivity contribution in [2.45, 2.75) is 0 Å². The number of hydrogen-bond acceptors (Lipinski definition) is 5. The first-order valence-electron chi connectivity index (χ1n) is 5.04. The van der Waals surface area contributed by atoms with Gasteiger partial charge in [0, 0.05) is 18.1 Å². The minimum Gasteiger partial charge on any atom is -0.476 e. The second-order valence-electron chi connectivity index (χ2n) is 3.54. The molecule has 0 radical (unpaired) electrons. The van der Waals surface area contributed by atoms with Gasteiger partial charge in [-0.2, -0.15) is 5.26 Å². The van der Waals surface area contributed by atoms with Crippen LogP contribution in [0.15, 0.2) is 29.6 Å². The number of rotatable bonds is 3. The molecule has 0 saturated heterocycles. The molecule has 0 aliphatic heterocycles. The van der Waals surface area contributed by atoms with Crippen molar-refractivity contribution in [2.75, 3.05) is 11.9 Å². The Morgan fingerprint density at radius 3 is 2.94 bits per heavy atom. The molecule has 2 rings (SSSR count). The van der Waals surface area contributed by atoms with Gasteiger partial charge in [0.2, 0.25) is 0 Å². The first-order chi connectivity index (χ1) is 8.61. The van der Waals surface area contributed by atoms with Gasteiger partial charge in [-0.15, -0.1) is 11.3 Å². The number of nitrogens with zero attached hydrogens (tertiary/aromatic N) is 3. The molecule has 0 bridgehead atoms. The van der Waals surface area contributed by atoms with E-state index in [2.05, 4.69) is 11.1 Å². The minimum absolute atomic E-state index is 0.0262. The van der Waals surface area contributed by atoms with Crippen LogP contribution < -0.4 is 4.90 Å². The molecule has 0 spiro atoms. The lowest BCUT2D eigenvalue weighted by Gasteiger charge is -2.15. The molecule has 1 N–H and O–H groups in total. The normalized spacial score (nSPS) is 9.78. The van der Waals surface area contributed by atoms with Crippen LogP contribution in [0.5, 0.6) is 0 Å². The molecule has 0 fully saturated rings. The Morgan fingerprint density at radius 2 is 2.33 bits per heavy atom. The molecule has 0 atom stereocenters. The van der Waals surface area contributed by atoms with Crippen molar-refractivity contribution >= 4 is 28.1 Å². The van der Waals surface area contributed by atoms with Crippen molar-refractivity contribution in [3.05, 3.63) is 40.9 Å². The number of carboxylic acids is 1. The predicted octanol–water partition coefficient (Wildman–Crippen LogP) is 2.48. The van der Waals surface area contributed by atoms with Gasteiger partial charge in [0.25, 0.3) is 0 Å². The van der Waals surface area contributed by atoms with E-state index in [-0.39, 0.29) is 5.69 Å². The van der Waals surface area contributed by atoms with Crippen molar-refractivity contribution in [3.63, 3.8) is 0 Å². The second-order valence-corrected chi connectivity index (χ2v) is 4.38. The smallest absolute Gasteiger partial charge is 0.355 e. The molecule has 90 valence electrons. The fraction of sp³-hybridized carbons (Fsp3) is 0.0833. The molecule has 0 aliphatic carbocycles. The molecule has 18 heavy (non-hydrogen) atoms. The zero-order valence-electron chi connectivity index (χ0n) is 9.49. The van der Waals surface area contributed by atoms with Crippen LogP contribution in [0, 0.1) is 11.3 Å². The molecular weight excluding hydrogens is 250 g/mol. The highest BCUT2D eigenvalue weighted by Gasteiger charge is 2.13. The van der Waals surface area contributed by atoms with Crippen LogP contribution in [-0.2, 0) is 0 Å². The van der Waals surface area contributed by atoms with E-state index in [4.69, 9.17) is 10.4 Å². The van der Waals surface area contributed by atoms with Gasteiger partial charge >= 0.3 is 5.97 Å². The summed E-state index contributed by atoms with van der Waals surface area (Å²) in [6.45, 7) is 0. The summed E-state index contributed by atoms with van der Waals surface area (Å²) in [4.78, 5) is 16.5. The number of carbonyl (C=O) groups is 1. The van der Waals surface area contributed by atoms with E-state index in [0.29, 0.717) is 10.7 Å². The van der Waals surface area contributed by atoms with Crippen molar-refractivity contribution in [1.29, 1.82) is 5.26 Å².